The van der Waals surface area contributed by atoms with E-state index in [0.29, 0.717) is 18.0 Å². The Morgan fingerprint density at radius 3 is 2.25 bits per heavy atom. The standard InChI is InChI=1S/C30H32IN3O6/c1-30(2,3)40-29(36)33-24(28(35)38-5)16-19-6-12-22(13-7-19)39-25-14-15-32-27-26(25)23(31)18-34(27)17-20-8-10-21(37-4)11-9-20/h6-15,18,24H,16-17H2,1-5H3,(H,33,36)/t24-/m0/s1. The van der Waals surface area contributed by atoms with Gasteiger partial charge in [0, 0.05) is 28.9 Å². The predicted molar refractivity (Wildman–Crippen MR) is 160 cm³/mol. The molecule has 0 aliphatic carbocycles. The Bertz CT molecular complexity index is 1480. The van der Waals surface area contributed by atoms with Gasteiger partial charge in [-0.3, -0.25) is 0 Å². The minimum atomic E-state index is -0.890. The molecule has 0 spiro atoms. The molecular weight excluding hydrogens is 625 g/mol. The smallest absolute Gasteiger partial charge is 0.408 e. The molecule has 0 fully saturated rings. The third-order valence-electron chi connectivity index (χ3n) is 5.95. The first kappa shape index (κ1) is 29.2. The normalized spacial score (nSPS) is 12.1. The molecule has 0 aliphatic heterocycles. The number of alkyl carbamates (subject to hydrolysis) is 1. The summed E-state index contributed by atoms with van der Waals surface area (Å²) < 4.78 is 24.8. The zero-order chi connectivity index (χ0) is 28.9. The van der Waals surface area contributed by atoms with Crippen LogP contribution < -0.4 is 14.8 Å². The minimum Gasteiger partial charge on any atom is -0.497 e. The second-order valence-electron chi connectivity index (χ2n) is 10.1. The van der Waals surface area contributed by atoms with Crippen molar-refractivity contribution in [1.82, 2.24) is 14.9 Å². The number of esters is 1. The number of halogens is 1. The summed E-state index contributed by atoms with van der Waals surface area (Å²) in [5, 5.41) is 3.52. The molecule has 0 unspecified atom stereocenters. The molecule has 0 aliphatic rings. The van der Waals surface area contributed by atoms with Crippen molar-refractivity contribution in [1.29, 1.82) is 0 Å². The van der Waals surface area contributed by atoms with Crippen LogP contribution in [0.25, 0.3) is 11.0 Å². The van der Waals surface area contributed by atoms with Crippen molar-refractivity contribution in [3.63, 3.8) is 0 Å². The Hall–Kier alpha value is -3.80. The predicted octanol–water partition coefficient (Wildman–Crippen LogP) is 6.10. The van der Waals surface area contributed by atoms with Crippen molar-refractivity contribution in [2.45, 2.75) is 45.4 Å². The summed E-state index contributed by atoms with van der Waals surface area (Å²) in [5.41, 5.74) is 2.09. The number of carbonyl (C=O) groups is 2. The number of benzene rings is 2. The van der Waals surface area contributed by atoms with Gasteiger partial charge in [0.1, 0.15) is 34.5 Å². The van der Waals surface area contributed by atoms with Crippen LogP contribution in [0.3, 0.4) is 0 Å². The first-order chi connectivity index (χ1) is 19.1. The number of rotatable bonds is 9. The second-order valence-corrected chi connectivity index (χ2v) is 11.3. The van der Waals surface area contributed by atoms with Crippen molar-refractivity contribution >= 4 is 45.7 Å². The molecule has 2 aromatic heterocycles. The number of hydrogen-bond acceptors (Lipinski definition) is 7. The number of amides is 1. The molecule has 0 radical (unpaired) electrons. The molecule has 10 heteroatoms. The zero-order valence-corrected chi connectivity index (χ0v) is 25.2. The fraction of sp³-hybridized carbons (Fsp3) is 0.300. The summed E-state index contributed by atoms with van der Waals surface area (Å²) in [6.07, 6.45) is 3.34. The number of fused-ring (bicyclic) bond motifs is 1. The maximum Gasteiger partial charge on any atom is 0.408 e. The molecule has 0 saturated carbocycles. The van der Waals surface area contributed by atoms with Gasteiger partial charge in [-0.2, -0.15) is 0 Å². The molecular formula is C30H32IN3O6. The Kier molecular flexibility index (Phi) is 9.18. The van der Waals surface area contributed by atoms with Gasteiger partial charge in [0.25, 0.3) is 0 Å². The first-order valence-corrected chi connectivity index (χ1v) is 13.7. The van der Waals surface area contributed by atoms with Crippen LogP contribution in [0.2, 0.25) is 0 Å². The topological polar surface area (TPSA) is 101 Å². The van der Waals surface area contributed by atoms with E-state index in [1.54, 1.807) is 34.1 Å². The highest BCUT2D eigenvalue weighted by molar-refractivity contribution is 14.1. The molecule has 1 amide bonds. The highest BCUT2D eigenvalue weighted by atomic mass is 127. The third-order valence-corrected chi connectivity index (χ3v) is 6.77. The summed E-state index contributed by atoms with van der Waals surface area (Å²) in [6.45, 7) is 5.93. The lowest BCUT2D eigenvalue weighted by molar-refractivity contribution is -0.143. The van der Waals surface area contributed by atoms with Gasteiger partial charge < -0.3 is 28.8 Å². The van der Waals surface area contributed by atoms with Crippen molar-refractivity contribution in [2.24, 2.45) is 0 Å². The van der Waals surface area contributed by atoms with Crippen molar-refractivity contribution < 1.29 is 28.5 Å². The number of hydrogen-bond donors (Lipinski definition) is 1. The summed E-state index contributed by atoms with van der Waals surface area (Å²) >= 11 is 2.30. The molecule has 4 rings (SSSR count). The molecule has 1 atom stereocenters. The second kappa shape index (κ2) is 12.6. The van der Waals surface area contributed by atoms with E-state index < -0.39 is 23.7 Å². The number of carbonyl (C=O) groups excluding carboxylic acids is 2. The number of ether oxygens (including phenoxy) is 4. The van der Waals surface area contributed by atoms with Gasteiger partial charge >= 0.3 is 12.1 Å². The van der Waals surface area contributed by atoms with Crippen LogP contribution in [-0.2, 0) is 27.2 Å². The SMILES string of the molecule is COC(=O)[C@H](Cc1ccc(Oc2ccnc3c2c(I)cn3Cc2ccc(OC)cc2)cc1)NC(=O)OC(C)(C)C. The van der Waals surface area contributed by atoms with Gasteiger partial charge in [-0.25, -0.2) is 14.6 Å². The van der Waals surface area contributed by atoms with Crippen molar-refractivity contribution in [2.75, 3.05) is 14.2 Å². The summed E-state index contributed by atoms with van der Waals surface area (Å²) in [7, 11) is 2.93. The number of nitrogens with one attached hydrogen (secondary N) is 1. The van der Waals surface area contributed by atoms with E-state index in [1.165, 1.54) is 7.11 Å². The average Bonchev–Trinajstić information content (AvgIpc) is 3.24. The molecule has 2 aromatic carbocycles. The number of methoxy groups -OCH3 is 2. The van der Waals surface area contributed by atoms with Crippen LogP contribution in [0.1, 0.15) is 31.9 Å². The summed E-state index contributed by atoms with van der Waals surface area (Å²) in [6, 6.07) is 16.3. The van der Waals surface area contributed by atoms with Crippen LogP contribution in [-0.4, -0.2) is 47.5 Å². The Labute approximate surface area is 246 Å². The lowest BCUT2D eigenvalue weighted by atomic mass is 10.1. The average molecular weight is 658 g/mol. The third kappa shape index (κ3) is 7.44. The summed E-state index contributed by atoms with van der Waals surface area (Å²) in [5.74, 6) is 1.58. The molecule has 4 aromatic rings. The van der Waals surface area contributed by atoms with E-state index in [1.807, 2.05) is 54.6 Å². The quantitative estimate of drug-likeness (QED) is 0.172. The highest BCUT2D eigenvalue weighted by Gasteiger charge is 2.25. The molecule has 0 saturated heterocycles. The van der Waals surface area contributed by atoms with Crippen LogP contribution >= 0.6 is 22.6 Å². The van der Waals surface area contributed by atoms with E-state index in [2.05, 4.69) is 43.7 Å². The molecule has 0 bridgehead atoms. The largest absolute Gasteiger partial charge is 0.497 e. The van der Waals surface area contributed by atoms with Crippen molar-refractivity contribution in [3.8, 4) is 17.2 Å². The monoisotopic (exact) mass is 657 g/mol. The van der Waals surface area contributed by atoms with Crippen LogP contribution in [0.4, 0.5) is 4.79 Å². The zero-order valence-electron chi connectivity index (χ0n) is 23.1. The van der Waals surface area contributed by atoms with Crippen LogP contribution in [0.5, 0.6) is 17.2 Å². The molecule has 2 heterocycles. The maximum atomic E-state index is 12.3. The fourth-order valence-electron chi connectivity index (χ4n) is 4.11. The van der Waals surface area contributed by atoms with Gasteiger partial charge in [-0.1, -0.05) is 24.3 Å². The van der Waals surface area contributed by atoms with E-state index in [4.69, 9.17) is 18.9 Å². The van der Waals surface area contributed by atoms with Crippen LogP contribution in [0, 0.1) is 3.57 Å². The van der Waals surface area contributed by atoms with Gasteiger partial charge in [0.2, 0.25) is 0 Å². The van der Waals surface area contributed by atoms with E-state index in [-0.39, 0.29) is 6.42 Å². The van der Waals surface area contributed by atoms with Gasteiger partial charge in [0.15, 0.2) is 0 Å². The first-order valence-electron chi connectivity index (χ1n) is 12.7. The fourth-order valence-corrected chi connectivity index (χ4v) is 4.96. The van der Waals surface area contributed by atoms with Gasteiger partial charge in [-0.15, -0.1) is 0 Å². The van der Waals surface area contributed by atoms with Crippen molar-refractivity contribution in [3.05, 3.63) is 81.7 Å². The molecule has 40 heavy (non-hydrogen) atoms. The lowest BCUT2D eigenvalue weighted by Gasteiger charge is -2.22. The summed E-state index contributed by atoms with van der Waals surface area (Å²) in [4.78, 5) is 29.1. The van der Waals surface area contributed by atoms with Gasteiger partial charge in [-0.05, 0) is 84.8 Å². The Balaban J connectivity index is 1.48. The van der Waals surface area contributed by atoms with E-state index in [0.717, 1.165) is 31.5 Å². The molecule has 1 N–H and O–H groups in total. The Morgan fingerprint density at radius 2 is 1.62 bits per heavy atom. The Morgan fingerprint density at radius 1 is 0.975 bits per heavy atom. The van der Waals surface area contributed by atoms with Gasteiger partial charge in [0.05, 0.1) is 19.6 Å². The number of aromatic nitrogens is 2. The lowest BCUT2D eigenvalue weighted by Crippen LogP contribution is -2.45. The minimum absolute atomic E-state index is 0.234. The maximum absolute atomic E-state index is 12.3. The van der Waals surface area contributed by atoms with Crippen LogP contribution in [0.15, 0.2) is 67.0 Å². The van der Waals surface area contributed by atoms with E-state index in [9.17, 15) is 9.59 Å². The number of pyridine rings is 1. The highest BCUT2D eigenvalue weighted by Crippen LogP contribution is 2.34. The molecule has 9 nitrogen and oxygen atoms in total. The van der Waals surface area contributed by atoms with E-state index >= 15 is 0 Å². The molecule has 210 valence electrons. The number of nitrogens with zero attached hydrogens (tertiary/aromatic N) is 2.